The molecule has 0 aromatic heterocycles. The van der Waals surface area contributed by atoms with Gasteiger partial charge in [-0.3, -0.25) is 10.1 Å². The molecule has 3 rings (SSSR count). The van der Waals surface area contributed by atoms with Gasteiger partial charge in [0, 0.05) is 50.2 Å². The predicted octanol–water partition coefficient (Wildman–Crippen LogP) is 4.02. The van der Waals surface area contributed by atoms with Crippen LogP contribution in [0.25, 0.3) is 0 Å². The third-order valence-electron chi connectivity index (χ3n) is 4.52. The van der Waals surface area contributed by atoms with E-state index < -0.39 is 4.92 Å². The van der Waals surface area contributed by atoms with Crippen LogP contribution in [0.1, 0.15) is 18.4 Å². The van der Waals surface area contributed by atoms with E-state index in [2.05, 4.69) is 34.5 Å². The smallest absolute Gasteiger partial charge is 0.269 e. The molecule has 1 fully saturated rings. The summed E-state index contributed by atoms with van der Waals surface area (Å²) in [5.74, 6) is 0. The summed E-state index contributed by atoms with van der Waals surface area (Å²) < 4.78 is 0. The number of hydrogen-bond donors (Lipinski definition) is 1. The van der Waals surface area contributed by atoms with Crippen LogP contribution in [0.3, 0.4) is 0 Å². The first-order valence-electron chi connectivity index (χ1n) is 8.64. The first-order chi connectivity index (χ1) is 12.5. The molecule has 2 aromatic rings. The number of nitro groups is 1. The minimum absolute atomic E-state index is 0.0642. The van der Waals surface area contributed by atoms with Gasteiger partial charge in [0.15, 0.2) is 5.11 Å². The molecule has 1 saturated heterocycles. The van der Waals surface area contributed by atoms with E-state index in [1.54, 1.807) is 12.1 Å². The number of nitrogens with one attached hydrogen (secondary N) is 1. The van der Waals surface area contributed by atoms with Crippen molar-refractivity contribution in [3.05, 3.63) is 64.2 Å². The van der Waals surface area contributed by atoms with Crippen LogP contribution in [0, 0.1) is 10.1 Å². The second kappa shape index (κ2) is 8.14. The lowest BCUT2D eigenvalue weighted by Crippen LogP contribution is -2.31. The number of hydrogen-bond acceptors (Lipinski definition) is 4. The molecule has 2 aromatic carbocycles. The fourth-order valence-electron chi connectivity index (χ4n) is 3.12. The molecule has 0 aliphatic carbocycles. The third kappa shape index (κ3) is 4.29. The lowest BCUT2D eigenvalue weighted by Gasteiger charge is -2.26. The Bertz CT molecular complexity index is 788. The van der Waals surface area contributed by atoms with Crippen molar-refractivity contribution in [2.45, 2.75) is 19.4 Å². The SMILES string of the molecule is CN(Cc1ccccc1N1CCCC1)C(=S)Nc1ccc([N+](=O)[O-])cc1. The lowest BCUT2D eigenvalue weighted by atomic mass is 10.1. The normalized spacial score (nSPS) is 13.5. The standard InChI is InChI=1S/C19H22N4O2S/c1-21(19(26)20-16-8-10-17(11-9-16)23(24)25)14-15-6-2-3-7-18(15)22-12-4-5-13-22/h2-3,6-11H,4-5,12-14H2,1H3,(H,20,26). The number of para-hydroxylation sites is 1. The van der Waals surface area contributed by atoms with Crippen molar-refractivity contribution < 1.29 is 4.92 Å². The summed E-state index contributed by atoms with van der Waals surface area (Å²) in [6.07, 6.45) is 2.48. The van der Waals surface area contributed by atoms with E-state index in [1.807, 2.05) is 11.9 Å². The van der Waals surface area contributed by atoms with E-state index in [-0.39, 0.29) is 5.69 Å². The van der Waals surface area contributed by atoms with Crippen LogP contribution in [0.15, 0.2) is 48.5 Å². The van der Waals surface area contributed by atoms with Gasteiger partial charge < -0.3 is 15.1 Å². The van der Waals surface area contributed by atoms with Gasteiger partial charge in [0.1, 0.15) is 0 Å². The number of rotatable bonds is 5. The molecule has 0 atom stereocenters. The summed E-state index contributed by atoms with van der Waals surface area (Å²) >= 11 is 5.49. The molecular weight excluding hydrogens is 348 g/mol. The number of thiocarbonyl (C=S) groups is 1. The highest BCUT2D eigenvalue weighted by molar-refractivity contribution is 7.80. The van der Waals surface area contributed by atoms with E-state index in [1.165, 1.54) is 36.2 Å². The quantitative estimate of drug-likeness (QED) is 0.487. The van der Waals surface area contributed by atoms with E-state index >= 15 is 0 Å². The summed E-state index contributed by atoms with van der Waals surface area (Å²) in [5.41, 5.74) is 3.31. The van der Waals surface area contributed by atoms with Crippen LogP contribution >= 0.6 is 12.2 Å². The fraction of sp³-hybridized carbons (Fsp3) is 0.316. The highest BCUT2D eigenvalue weighted by atomic mass is 32.1. The molecule has 0 saturated carbocycles. The highest BCUT2D eigenvalue weighted by Gasteiger charge is 2.17. The van der Waals surface area contributed by atoms with Crippen LogP contribution in [-0.4, -0.2) is 35.1 Å². The summed E-state index contributed by atoms with van der Waals surface area (Å²) in [4.78, 5) is 14.7. The molecular formula is C19H22N4O2S. The molecule has 1 aliphatic heterocycles. The Hall–Kier alpha value is -2.67. The maximum Gasteiger partial charge on any atom is 0.269 e. The Morgan fingerprint density at radius 3 is 2.50 bits per heavy atom. The van der Waals surface area contributed by atoms with Gasteiger partial charge in [0.25, 0.3) is 5.69 Å². The number of nitro benzene ring substituents is 1. The van der Waals surface area contributed by atoms with Crippen molar-refractivity contribution in [2.24, 2.45) is 0 Å². The van der Waals surface area contributed by atoms with Crippen molar-refractivity contribution in [1.82, 2.24) is 4.90 Å². The van der Waals surface area contributed by atoms with Gasteiger partial charge in [0.05, 0.1) is 4.92 Å². The van der Waals surface area contributed by atoms with Gasteiger partial charge in [-0.1, -0.05) is 18.2 Å². The summed E-state index contributed by atoms with van der Waals surface area (Å²) in [7, 11) is 1.95. The molecule has 0 unspecified atom stereocenters. The minimum Gasteiger partial charge on any atom is -0.371 e. The van der Waals surface area contributed by atoms with Crippen LogP contribution in [0.5, 0.6) is 0 Å². The summed E-state index contributed by atoms with van der Waals surface area (Å²) in [6.45, 7) is 2.91. The van der Waals surface area contributed by atoms with Crippen molar-refractivity contribution >= 4 is 34.4 Å². The first kappa shape index (κ1) is 18.1. The van der Waals surface area contributed by atoms with Crippen LogP contribution in [-0.2, 0) is 6.54 Å². The van der Waals surface area contributed by atoms with Gasteiger partial charge in [-0.2, -0.15) is 0 Å². The average molecular weight is 370 g/mol. The monoisotopic (exact) mass is 370 g/mol. The second-order valence-corrected chi connectivity index (χ2v) is 6.80. The Morgan fingerprint density at radius 1 is 1.19 bits per heavy atom. The van der Waals surface area contributed by atoms with E-state index in [4.69, 9.17) is 12.2 Å². The van der Waals surface area contributed by atoms with Crippen LogP contribution in [0.4, 0.5) is 17.1 Å². The van der Waals surface area contributed by atoms with Gasteiger partial charge in [-0.15, -0.1) is 0 Å². The number of benzene rings is 2. The zero-order chi connectivity index (χ0) is 18.5. The summed E-state index contributed by atoms with van der Waals surface area (Å²) in [6, 6.07) is 14.7. The number of non-ortho nitro benzene ring substituents is 1. The molecule has 0 spiro atoms. The fourth-order valence-corrected chi connectivity index (χ4v) is 3.31. The van der Waals surface area contributed by atoms with Gasteiger partial charge >= 0.3 is 0 Å². The van der Waals surface area contributed by atoms with Crippen molar-refractivity contribution in [3.63, 3.8) is 0 Å². The highest BCUT2D eigenvalue weighted by Crippen LogP contribution is 2.25. The summed E-state index contributed by atoms with van der Waals surface area (Å²) in [5, 5.41) is 14.5. The lowest BCUT2D eigenvalue weighted by molar-refractivity contribution is -0.384. The molecule has 1 N–H and O–H groups in total. The molecule has 7 heteroatoms. The Morgan fingerprint density at radius 2 is 1.85 bits per heavy atom. The minimum atomic E-state index is -0.413. The number of anilines is 2. The van der Waals surface area contributed by atoms with Gasteiger partial charge in [0.2, 0.25) is 0 Å². The zero-order valence-electron chi connectivity index (χ0n) is 14.7. The zero-order valence-corrected chi connectivity index (χ0v) is 15.5. The molecule has 0 bridgehead atoms. The Kier molecular flexibility index (Phi) is 5.68. The molecule has 0 radical (unpaired) electrons. The predicted molar refractivity (Wildman–Crippen MR) is 109 cm³/mol. The molecule has 0 amide bonds. The molecule has 1 heterocycles. The van der Waals surface area contributed by atoms with Crippen LogP contribution < -0.4 is 10.2 Å². The van der Waals surface area contributed by atoms with E-state index in [9.17, 15) is 10.1 Å². The maximum atomic E-state index is 10.7. The maximum absolute atomic E-state index is 10.7. The Balaban J connectivity index is 1.65. The molecule has 6 nitrogen and oxygen atoms in total. The molecule has 26 heavy (non-hydrogen) atoms. The second-order valence-electron chi connectivity index (χ2n) is 6.41. The van der Waals surface area contributed by atoms with Gasteiger partial charge in [-0.05, 0) is 48.8 Å². The number of nitrogens with zero attached hydrogens (tertiary/aromatic N) is 3. The molecule has 1 aliphatic rings. The van der Waals surface area contributed by atoms with Crippen molar-refractivity contribution in [2.75, 3.05) is 30.4 Å². The third-order valence-corrected chi connectivity index (χ3v) is 4.94. The molecule has 136 valence electrons. The largest absolute Gasteiger partial charge is 0.371 e. The Labute approximate surface area is 158 Å². The van der Waals surface area contributed by atoms with Crippen LogP contribution in [0.2, 0.25) is 0 Å². The topological polar surface area (TPSA) is 61.6 Å². The van der Waals surface area contributed by atoms with E-state index in [0.29, 0.717) is 11.7 Å². The first-order valence-corrected chi connectivity index (χ1v) is 9.05. The average Bonchev–Trinajstić information content (AvgIpc) is 3.17. The van der Waals surface area contributed by atoms with Crippen molar-refractivity contribution in [1.29, 1.82) is 0 Å². The van der Waals surface area contributed by atoms with Crippen molar-refractivity contribution in [3.8, 4) is 0 Å². The van der Waals surface area contributed by atoms with E-state index in [0.717, 1.165) is 18.8 Å². The van der Waals surface area contributed by atoms with Gasteiger partial charge in [-0.25, -0.2) is 0 Å².